The molecule has 14 heavy (non-hydrogen) atoms. The highest BCUT2D eigenvalue weighted by Gasteiger charge is 2.16. The number of urea groups is 1. The maximum Gasteiger partial charge on any atom is 0.315 e. The molecule has 0 aliphatic heterocycles. The van der Waals surface area contributed by atoms with E-state index in [1.54, 1.807) is 11.7 Å². The van der Waals surface area contributed by atoms with Gasteiger partial charge >= 0.3 is 6.03 Å². The van der Waals surface area contributed by atoms with Crippen molar-refractivity contribution in [3.63, 3.8) is 0 Å². The van der Waals surface area contributed by atoms with Crippen molar-refractivity contribution in [2.75, 3.05) is 12.8 Å². The van der Waals surface area contributed by atoms with Crippen LogP contribution in [0.3, 0.4) is 0 Å². The quantitative estimate of drug-likeness (QED) is 0.648. The number of nitrogens with zero attached hydrogens (tertiary/aromatic N) is 1. The summed E-state index contributed by atoms with van der Waals surface area (Å²) in [4.78, 5) is 25.3. The third kappa shape index (κ3) is 2.43. The van der Waals surface area contributed by atoms with Crippen molar-refractivity contribution in [2.45, 2.75) is 6.04 Å². The lowest BCUT2D eigenvalue weighted by atomic mass is 10.2. The van der Waals surface area contributed by atoms with E-state index in [4.69, 9.17) is 5.73 Å². The van der Waals surface area contributed by atoms with Crippen LogP contribution < -0.4 is 16.4 Å². The standard InChI is InChI=1S/C7H9N4O2S/c1-9-7(13)11-4(2-12)5-3-14-6(8)10-5/h3-4H,1H3,(H2,8,10)(H2,9,11,13). The van der Waals surface area contributed by atoms with Gasteiger partial charge < -0.3 is 16.4 Å². The number of carbonyl (C=O) groups is 1. The minimum atomic E-state index is -0.872. The molecule has 0 bridgehead atoms. The largest absolute Gasteiger partial charge is 0.375 e. The predicted octanol–water partition coefficient (Wildman–Crippen LogP) is -0.195. The van der Waals surface area contributed by atoms with Crippen molar-refractivity contribution < 1.29 is 9.59 Å². The number of amides is 2. The summed E-state index contributed by atoms with van der Waals surface area (Å²) in [5.74, 6) is 0. The molecule has 0 saturated carbocycles. The van der Waals surface area contributed by atoms with Gasteiger partial charge in [0.2, 0.25) is 6.29 Å². The monoisotopic (exact) mass is 213 g/mol. The van der Waals surface area contributed by atoms with E-state index in [2.05, 4.69) is 15.6 Å². The molecule has 1 unspecified atom stereocenters. The normalized spacial score (nSPS) is 11.8. The number of anilines is 1. The third-order valence-electron chi connectivity index (χ3n) is 1.46. The molecule has 1 rings (SSSR count). The average molecular weight is 213 g/mol. The molecule has 1 aromatic heterocycles. The molecule has 75 valence electrons. The highest BCUT2D eigenvalue weighted by Crippen LogP contribution is 2.16. The highest BCUT2D eigenvalue weighted by molar-refractivity contribution is 7.13. The Bertz CT molecular complexity index is 338. The number of hydrogen-bond donors (Lipinski definition) is 3. The average Bonchev–Trinajstić information content (AvgIpc) is 2.60. The Morgan fingerprint density at radius 1 is 1.79 bits per heavy atom. The second-order valence-corrected chi connectivity index (χ2v) is 3.27. The Kier molecular flexibility index (Phi) is 3.41. The minimum absolute atomic E-state index is 0.346. The van der Waals surface area contributed by atoms with E-state index in [0.717, 1.165) is 0 Å². The van der Waals surface area contributed by atoms with Crippen LogP contribution in [-0.4, -0.2) is 24.3 Å². The van der Waals surface area contributed by atoms with Gasteiger partial charge in [0.05, 0.1) is 5.69 Å². The number of nitrogens with one attached hydrogen (secondary N) is 2. The lowest BCUT2D eigenvalue weighted by Crippen LogP contribution is -2.36. The molecule has 0 aliphatic carbocycles. The Labute approximate surface area is 84.5 Å². The van der Waals surface area contributed by atoms with E-state index in [0.29, 0.717) is 10.8 Å². The third-order valence-corrected chi connectivity index (χ3v) is 2.15. The number of nitrogen functional groups attached to an aromatic ring is 1. The molecular formula is C7H9N4O2S. The lowest BCUT2D eigenvalue weighted by molar-refractivity contribution is 0.241. The first-order valence-electron chi connectivity index (χ1n) is 3.74. The fourth-order valence-electron chi connectivity index (χ4n) is 0.800. The molecule has 4 N–H and O–H groups in total. The van der Waals surface area contributed by atoms with Crippen LogP contribution in [0.5, 0.6) is 0 Å². The van der Waals surface area contributed by atoms with Gasteiger partial charge in [0.25, 0.3) is 0 Å². The highest BCUT2D eigenvalue weighted by atomic mass is 32.1. The molecule has 0 aliphatic rings. The van der Waals surface area contributed by atoms with Crippen molar-refractivity contribution in [2.24, 2.45) is 0 Å². The van der Waals surface area contributed by atoms with Crippen LogP contribution in [0.25, 0.3) is 0 Å². The van der Waals surface area contributed by atoms with Gasteiger partial charge in [0, 0.05) is 12.4 Å². The molecule has 2 amide bonds. The van der Waals surface area contributed by atoms with E-state index in [9.17, 15) is 9.59 Å². The van der Waals surface area contributed by atoms with Crippen LogP contribution in [-0.2, 0) is 4.79 Å². The van der Waals surface area contributed by atoms with Crippen LogP contribution in [0.4, 0.5) is 9.93 Å². The summed E-state index contributed by atoms with van der Waals surface area (Å²) < 4.78 is 0. The number of carbonyl (C=O) groups excluding carboxylic acids is 2. The number of thiazole rings is 1. The first-order chi connectivity index (χ1) is 6.67. The smallest absolute Gasteiger partial charge is 0.315 e. The van der Waals surface area contributed by atoms with Crippen LogP contribution in [0.2, 0.25) is 0 Å². The van der Waals surface area contributed by atoms with Gasteiger partial charge in [-0.2, -0.15) is 0 Å². The first-order valence-corrected chi connectivity index (χ1v) is 4.62. The first kappa shape index (κ1) is 10.5. The molecule has 1 radical (unpaired) electrons. The minimum Gasteiger partial charge on any atom is -0.375 e. The van der Waals surface area contributed by atoms with Crippen molar-refractivity contribution in [3.8, 4) is 0 Å². The predicted molar refractivity (Wildman–Crippen MR) is 52.6 cm³/mol. The van der Waals surface area contributed by atoms with E-state index >= 15 is 0 Å². The molecule has 0 spiro atoms. The molecule has 7 heteroatoms. The maximum atomic E-state index is 10.9. The zero-order valence-electron chi connectivity index (χ0n) is 7.40. The van der Waals surface area contributed by atoms with Crippen LogP contribution in [0.1, 0.15) is 11.7 Å². The summed E-state index contributed by atoms with van der Waals surface area (Å²) in [6, 6.07) is -1.34. The molecule has 1 aromatic rings. The van der Waals surface area contributed by atoms with E-state index in [1.165, 1.54) is 18.4 Å². The SMILES string of the molecule is CNC(=O)NC([C]=O)c1csc(N)n1. The Morgan fingerprint density at radius 2 is 2.50 bits per heavy atom. The Hall–Kier alpha value is -1.63. The summed E-state index contributed by atoms with van der Waals surface area (Å²) in [5, 5.41) is 6.63. The second kappa shape index (κ2) is 4.56. The molecule has 6 nitrogen and oxygen atoms in total. The van der Waals surface area contributed by atoms with E-state index in [1.807, 2.05) is 0 Å². The van der Waals surface area contributed by atoms with Gasteiger partial charge in [-0.15, -0.1) is 11.3 Å². The van der Waals surface area contributed by atoms with Gasteiger partial charge in [0.15, 0.2) is 5.13 Å². The number of aromatic nitrogens is 1. The Morgan fingerprint density at radius 3 is 2.93 bits per heavy atom. The molecule has 0 fully saturated rings. The van der Waals surface area contributed by atoms with Crippen LogP contribution in [0.15, 0.2) is 5.38 Å². The van der Waals surface area contributed by atoms with Crippen LogP contribution in [0, 0.1) is 0 Å². The summed E-state index contributed by atoms with van der Waals surface area (Å²) in [7, 11) is 1.45. The Balaban J connectivity index is 2.72. The van der Waals surface area contributed by atoms with E-state index in [-0.39, 0.29) is 0 Å². The van der Waals surface area contributed by atoms with Crippen molar-refractivity contribution in [1.82, 2.24) is 15.6 Å². The fraction of sp³-hybridized carbons (Fsp3) is 0.286. The molecule has 0 saturated heterocycles. The second-order valence-electron chi connectivity index (χ2n) is 2.38. The van der Waals surface area contributed by atoms with Gasteiger partial charge in [-0.3, -0.25) is 4.79 Å². The van der Waals surface area contributed by atoms with Crippen molar-refractivity contribution >= 4 is 28.8 Å². The summed E-state index contributed by atoms with van der Waals surface area (Å²) in [6.07, 6.45) is 1.66. The topological polar surface area (TPSA) is 97.1 Å². The van der Waals surface area contributed by atoms with E-state index < -0.39 is 12.1 Å². The summed E-state index contributed by atoms with van der Waals surface area (Å²) in [6.45, 7) is 0. The molecule has 1 heterocycles. The number of nitrogens with two attached hydrogens (primary N) is 1. The molecular weight excluding hydrogens is 204 g/mol. The van der Waals surface area contributed by atoms with Crippen molar-refractivity contribution in [3.05, 3.63) is 11.1 Å². The lowest BCUT2D eigenvalue weighted by Gasteiger charge is -2.08. The zero-order valence-corrected chi connectivity index (χ0v) is 8.22. The van der Waals surface area contributed by atoms with Gasteiger partial charge in [-0.25, -0.2) is 9.78 Å². The fourth-order valence-corrected chi connectivity index (χ4v) is 1.39. The summed E-state index contributed by atoms with van der Waals surface area (Å²) >= 11 is 1.20. The van der Waals surface area contributed by atoms with Crippen molar-refractivity contribution in [1.29, 1.82) is 0 Å². The van der Waals surface area contributed by atoms with Crippen LogP contribution >= 0.6 is 11.3 Å². The van der Waals surface area contributed by atoms with Gasteiger partial charge in [-0.05, 0) is 0 Å². The molecule has 0 aromatic carbocycles. The maximum absolute atomic E-state index is 10.9. The molecule has 1 atom stereocenters. The van der Waals surface area contributed by atoms with Gasteiger partial charge in [0.1, 0.15) is 6.04 Å². The zero-order chi connectivity index (χ0) is 10.6. The van der Waals surface area contributed by atoms with Gasteiger partial charge in [-0.1, -0.05) is 0 Å². The number of rotatable bonds is 3. The summed E-state index contributed by atoms with van der Waals surface area (Å²) in [5.41, 5.74) is 5.78. The number of hydrogen-bond acceptors (Lipinski definition) is 5.